The third-order valence-electron chi connectivity index (χ3n) is 5.22. The Bertz CT molecular complexity index is 1190. The highest BCUT2D eigenvalue weighted by atomic mass is 19.1. The number of rotatable bonds is 7. The molecule has 0 saturated carbocycles. The molecule has 6 nitrogen and oxygen atoms in total. The van der Waals surface area contributed by atoms with Gasteiger partial charge in [0.25, 0.3) is 5.91 Å². The van der Waals surface area contributed by atoms with E-state index in [4.69, 9.17) is 0 Å². The maximum Gasteiger partial charge on any atom is 0.294 e. The topological polar surface area (TPSA) is 63.9 Å². The van der Waals surface area contributed by atoms with Gasteiger partial charge in [-0.15, -0.1) is 5.10 Å². The number of carbonyl (C=O) groups excluding carboxylic acids is 1. The maximum atomic E-state index is 13.4. The van der Waals surface area contributed by atoms with E-state index in [1.165, 1.54) is 17.7 Å². The molecule has 7 heteroatoms. The number of hydrogen-bond acceptors (Lipinski definition) is 4. The summed E-state index contributed by atoms with van der Waals surface area (Å²) in [5, 5.41) is 4.42. The SMILES string of the molecule is CCc1ccc(CN(Cc2cccnc2)C(=O)c2nc(C)n(-c3ccc(F)cc3)n2)cc1. The number of nitrogens with zero attached hydrogens (tertiary/aromatic N) is 5. The summed E-state index contributed by atoms with van der Waals surface area (Å²) < 4.78 is 14.8. The molecule has 0 N–H and O–H groups in total. The van der Waals surface area contributed by atoms with Crippen LogP contribution in [0.1, 0.15) is 40.1 Å². The van der Waals surface area contributed by atoms with Crippen LogP contribution in [-0.4, -0.2) is 30.6 Å². The molecule has 0 radical (unpaired) electrons. The number of amides is 1. The molecule has 0 unspecified atom stereocenters. The molecule has 0 atom stereocenters. The van der Waals surface area contributed by atoms with E-state index in [2.05, 4.69) is 34.1 Å². The first-order chi connectivity index (χ1) is 15.5. The molecule has 0 spiro atoms. The second-order valence-corrected chi connectivity index (χ2v) is 7.56. The zero-order valence-electron chi connectivity index (χ0n) is 18.1. The van der Waals surface area contributed by atoms with Gasteiger partial charge >= 0.3 is 0 Å². The van der Waals surface area contributed by atoms with E-state index in [-0.39, 0.29) is 17.5 Å². The second kappa shape index (κ2) is 9.51. The number of carbonyl (C=O) groups is 1. The molecule has 2 aromatic heterocycles. The van der Waals surface area contributed by atoms with Crippen LogP contribution in [0.25, 0.3) is 5.69 Å². The fourth-order valence-corrected chi connectivity index (χ4v) is 3.46. The van der Waals surface area contributed by atoms with Crippen molar-refractivity contribution in [2.45, 2.75) is 33.4 Å². The van der Waals surface area contributed by atoms with E-state index in [9.17, 15) is 9.18 Å². The molecule has 4 aromatic rings. The minimum Gasteiger partial charge on any atom is -0.327 e. The quantitative estimate of drug-likeness (QED) is 0.433. The third kappa shape index (κ3) is 4.88. The number of benzene rings is 2. The van der Waals surface area contributed by atoms with E-state index < -0.39 is 0 Å². The molecule has 2 aromatic carbocycles. The minimum atomic E-state index is -0.334. The summed E-state index contributed by atoms with van der Waals surface area (Å²) in [6.07, 6.45) is 4.41. The van der Waals surface area contributed by atoms with Crippen molar-refractivity contribution in [3.63, 3.8) is 0 Å². The number of pyridine rings is 1. The molecular weight excluding hydrogens is 405 g/mol. The van der Waals surface area contributed by atoms with Crippen LogP contribution in [0, 0.1) is 12.7 Å². The third-order valence-corrected chi connectivity index (χ3v) is 5.22. The highest BCUT2D eigenvalue weighted by Crippen LogP contribution is 2.16. The molecule has 162 valence electrons. The predicted molar refractivity (Wildman–Crippen MR) is 120 cm³/mol. The number of aryl methyl sites for hydroxylation is 2. The summed E-state index contributed by atoms with van der Waals surface area (Å²) in [6.45, 7) is 4.68. The fourth-order valence-electron chi connectivity index (χ4n) is 3.46. The van der Waals surface area contributed by atoms with Gasteiger partial charge in [0.05, 0.1) is 5.69 Å². The summed E-state index contributed by atoms with van der Waals surface area (Å²) in [5.74, 6) is 0.0337. The van der Waals surface area contributed by atoms with Gasteiger partial charge in [0, 0.05) is 25.5 Å². The van der Waals surface area contributed by atoms with Crippen molar-refractivity contribution in [1.82, 2.24) is 24.6 Å². The van der Waals surface area contributed by atoms with Crippen molar-refractivity contribution in [2.75, 3.05) is 0 Å². The van der Waals surface area contributed by atoms with E-state index in [0.717, 1.165) is 17.5 Å². The number of aromatic nitrogens is 4. The molecule has 0 aliphatic rings. The smallest absolute Gasteiger partial charge is 0.294 e. The first-order valence-corrected chi connectivity index (χ1v) is 10.5. The Kier molecular flexibility index (Phi) is 6.35. The normalized spacial score (nSPS) is 10.8. The predicted octanol–water partition coefficient (Wildman–Crippen LogP) is 4.51. The minimum absolute atomic E-state index is 0.0980. The van der Waals surface area contributed by atoms with Crippen LogP contribution in [0.2, 0.25) is 0 Å². The fraction of sp³-hybridized carbons (Fsp3) is 0.200. The maximum absolute atomic E-state index is 13.4. The van der Waals surface area contributed by atoms with Crippen LogP contribution in [0.5, 0.6) is 0 Å². The molecular formula is C25H24FN5O. The largest absolute Gasteiger partial charge is 0.327 e. The van der Waals surface area contributed by atoms with E-state index >= 15 is 0 Å². The molecule has 0 aliphatic carbocycles. The first kappa shape index (κ1) is 21.4. The Morgan fingerprint density at radius 1 is 0.969 bits per heavy atom. The van der Waals surface area contributed by atoms with Gasteiger partial charge in [0.2, 0.25) is 5.82 Å². The summed E-state index contributed by atoms with van der Waals surface area (Å²) in [5.41, 5.74) is 3.83. The monoisotopic (exact) mass is 429 g/mol. The molecule has 32 heavy (non-hydrogen) atoms. The highest BCUT2D eigenvalue weighted by molar-refractivity contribution is 5.90. The molecule has 0 saturated heterocycles. The Labute approximate surface area is 186 Å². The molecule has 4 rings (SSSR count). The van der Waals surface area contributed by atoms with Gasteiger partial charge in [-0.25, -0.2) is 14.1 Å². The number of halogens is 1. The molecule has 0 aliphatic heterocycles. The first-order valence-electron chi connectivity index (χ1n) is 10.5. The van der Waals surface area contributed by atoms with Crippen molar-refractivity contribution >= 4 is 5.91 Å². The summed E-state index contributed by atoms with van der Waals surface area (Å²) in [4.78, 5) is 23.7. The van der Waals surface area contributed by atoms with Gasteiger partial charge in [-0.05, 0) is 60.4 Å². The van der Waals surface area contributed by atoms with Gasteiger partial charge in [0.1, 0.15) is 11.6 Å². The number of hydrogen-bond donors (Lipinski definition) is 0. The van der Waals surface area contributed by atoms with Crippen molar-refractivity contribution in [1.29, 1.82) is 0 Å². The average molecular weight is 429 g/mol. The van der Waals surface area contributed by atoms with Crippen molar-refractivity contribution < 1.29 is 9.18 Å². The summed E-state index contributed by atoms with van der Waals surface area (Å²) >= 11 is 0. The van der Waals surface area contributed by atoms with Crippen LogP contribution in [0.3, 0.4) is 0 Å². The van der Waals surface area contributed by atoms with Gasteiger partial charge in [-0.3, -0.25) is 9.78 Å². The zero-order chi connectivity index (χ0) is 22.5. The van der Waals surface area contributed by atoms with Crippen LogP contribution in [-0.2, 0) is 19.5 Å². The average Bonchev–Trinajstić information content (AvgIpc) is 3.21. The molecule has 0 bridgehead atoms. The van der Waals surface area contributed by atoms with Crippen LogP contribution >= 0.6 is 0 Å². The van der Waals surface area contributed by atoms with Crippen molar-refractivity contribution in [3.8, 4) is 5.69 Å². The van der Waals surface area contributed by atoms with E-state index in [0.29, 0.717) is 24.6 Å². The Morgan fingerprint density at radius 3 is 2.31 bits per heavy atom. The Balaban J connectivity index is 1.63. The Hall–Kier alpha value is -3.87. The van der Waals surface area contributed by atoms with Gasteiger partial charge in [-0.2, -0.15) is 0 Å². The summed E-state index contributed by atoms with van der Waals surface area (Å²) in [7, 11) is 0. The second-order valence-electron chi connectivity index (χ2n) is 7.56. The lowest BCUT2D eigenvalue weighted by Gasteiger charge is -2.21. The Morgan fingerprint density at radius 2 is 1.66 bits per heavy atom. The van der Waals surface area contributed by atoms with E-state index in [1.807, 2.05) is 24.3 Å². The van der Waals surface area contributed by atoms with Gasteiger partial charge < -0.3 is 4.90 Å². The van der Waals surface area contributed by atoms with Crippen molar-refractivity contribution in [2.24, 2.45) is 0 Å². The molecule has 1 amide bonds. The molecule has 2 heterocycles. The van der Waals surface area contributed by atoms with Crippen molar-refractivity contribution in [3.05, 3.63) is 107 Å². The van der Waals surface area contributed by atoms with Gasteiger partial charge in [0.15, 0.2) is 0 Å². The lowest BCUT2D eigenvalue weighted by Crippen LogP contribution is -2.31. The summed E-state index contributed by atoms with van der Waals surface area (Å²) in [6, 6.07) is 17.9. The van der Waals surface area contributed by atoms with Crippen LogP contribution < -0.4 is 0 Å². The van der Waals surface area contributed by atoms with Crippen LogP contribution in [0.15, 0.2) is 73.1 Å². The van der Waals surface area contributed by atoms with Gasteiger partial charge in [-0.1, -0.05) is 37.3 Å². The molecule has 0 fully saturated rings. The lowest BCUT2D eigenvalue weighted by molar-refractivity contribution is 0.0717. The van der Waals surface area contributed by atoms with Crippen LogP contribution in [0.4, 0.5) is 4.39 Å². The highest BCUT2D eigenvalue weighted by Gasteiger charge is 2.22. The zero-order valence-corrected chi connectivity index (χ0v) is 18.1. The lowest BCUT2D eigenvalue weighted by atomic mass is 10.1. The van der Waals surface area contributed by atoms with E-state index in [1.54, 1.807) is 41.0 Å². The standard InChI is InChI=1S/C25H24FN5O/c1-3-19-6-8-20(9-7-19)16-30(17-21-5-4-14-27-15-21)25(32)24-28-18(2)31(29-24)23-12-10-22(26)11-13-23/h4-15H,3,16-17H2,1-2H3.